The van der Waals surface area contributed by atoms with Crippen molar-refractivity contribution in [2.24, 2.45) is 11.8 Å². The number of hydrogen-bond acceptors (Lipinski definition) is 2. The van der Waals surface area contributed by atoms with Crippen molar-refractivity contribution in [3.05, 3.63) is 0 Å². The third-order valence-electron chi connectivity index (χ3n) is 5.08. The average Bonchev–Trinajstić information content (AvgIpc) is 2.40. The summed E-state index contributed by atoms with van der Waals surface area (Å²) in [7, 11) is 0. The zero-order valence-corrected chi connectivity index (χ0v) is 12.7. The van der Waals surface area contributed by atoms with Crippen molar-refractivity contribution in [2.45, 2.75) is 58.9 Å². The number of likely N-dealkylation sites (tertiary alicyclic amines) is 2. The first-order valence-electron chi connectivity index (χ1n) is 8.15. The summed E-state index contributed by atoms with van der Waals surface area (Å²) in [4.78, 5) is 5.41. The Balaban J connectivity index is 1.73. The Morgan fingerprint density at radius 3 is 2.33 bits per heavy atom. The Kier molecular flexibility index (Phi) is 5.50. The highest BCUT2D eigenvalue weighted by Crippen LogP contribution is 2.24. The van der Waals surface area contributed by atoms with Crippen LogP contribution in [0.3, 0.4) is 0 Å². The lowest BCUT2D eigenvalue weighted by molar-refractivity contribution is 0.0936. The monoisotopic (exact) mass is 252 g/mol. The van der Waals surface area contributed by atoms with E-state index in [4.69, 9.17) is 0 Å². The van der Waals surface area contributed by atoms with Crippen molar-refractivity contribution >= 4 is 0 Å². The van der Waals surface area contributed by atoms with Crippen molar-refractivity contribution in [3.63, 3.8) is 0 Å². The van der Waals surface area contributed by atoms with Gasteiger partial charge in [0, 0.05) is 19.1 Å². The van der Waals surface area contributed by atoms with Gasteiger partial charge in [-0.25, -0.2) is 0 Å². The molecule has 0 aromatic carbocycles. The molecular weight excluding hydrogens is 220 g/mol. The Hall–Kier alpha value is -0.0800. The largest absolute Gasteiger partial charge is 0.303 e. The van der Waals surface area contributed by atoms with E-state index in [2.05, 4.69) is 30.6 Å². The summed E-state index contributed by atoms with van der Waals surface area (Å²) < 4.78 is 0. The second-order valence-electron chi connectivity index (χ2n) is 6.75. The van der Waals surface area contributed by atoms with Gasteiger partial charge in [-0.05, 0) is 71.0 Å². The zero-order valence-electron chi connectivity index (χ0n) is 12.7. The van der Waals surface area contributed by atoms with Gasteiger partial charge >= 0.3 is 0 Å². The fraction of sp³-hybridized carbons (Fsp3) is 1.00. The summed E-state index contributed by atoms with van der Waals surface area (Å²) in [6.07, 6.45) is 7.14. The van der Waals surface area contributed by atoms with Gasteiger partial charge in [-0.1, -0.05) is 13.3 Å². The maximum atomic E-state index is 2.74. The average molecular weight is 252 g/mol. The van der Waals surface area contributed by atoms with Gasteiger partial charge in [-0.2, -0.15) is 0 Å². The fourth-order valence-corrected chi connectivity index (χ4v) is 3.66. The van der Waals surface area contributed by atoms with E-state index in [1.54, 1.807) is 0 Å². The Labute approximate surface area is 114 Å². The van der Waals surface area contributed by atoms with E-state index in [0.717, 1.165) is 17.9 Å². The minimum Gasteiger partial charge on any atom is -0.303 e. The summed E-state index contributed by atoms with van der Waals surface area (Å²) in [6, 6.07) is 0.735. The molecule has 2 nitrogen and oxygen atoms in total. The van der Waals surface area contributed by atoms with Crippen molar-refractivity contribution in [1.29, 1.82) is 0 Å². The molecule has 0 spiro atoms. The molecule has 2 rings (SSSR count). The first kappa shape index (κ1) is 14.3. The quantitative estimate of drug-likeness (QED) is 0.758. The van der Waals surface area contributed by atoms with Crippen LogP contribution < -0.4 is 0 Å². The van der Waals surface area contributed by atoms with E-state index in [1.165, 1.54) is 64.8 Å². The van der Waals surface area contributed by atoms with E-state index in [9.17, 15) is 0 Å². The zero-order chi connectivity index (χ0) is 13.0. The highest BCUT2D eigenvalue weighted by Gasteiger charge is 2.25. The van der Waals surface area contributed by atoms with E-state index in [-0.39, 0.29) is 0 Å². The maximum Gasteiger partial charge on any atom is 0.00387 e. The first-order chi connectivity index (χ1) is 8.69. The van der Waals surface area contributed by atoms with Crippen LogP contribution in [0.4, 0.5) is 0 Å². The molecule has 2 fully saturated rings. The second kappa shape index (κ2) is 6.91. The summed E-state index contributed by atoms with van der Waals surface area (Å²) in [5.41, 5.74) is 0. The van der Waals surface area contributed by atoms with Gasteiger partial charge in [0.05, 0.1) is 0 Å². The molecule has 0 bridgehead atoms. The molecule has 18 heavy (non-hydrogen) atoms. The molecule has 2 heterocycles. The van der Waals surface area contributed by atoms with Crippen LogP contribution in [0.25, 0.3) is 0 Å². The van der Waals surface area contributed by atoms with Crippen molar-refractivity contribution in [3.8, 4) is 0 Å². The highest BCUT2D eigenvalue weighted by molar-refractivity contribution is 4.80. The van der Waals surface area contributed by atoms with Gasteiger partial charge in [0.15, 0.2) is 0 Å². The molecular formula is C16H32N2. The van der Waals surface area contributed by atoms with E-state index in [1.807, 2.05) is 0 Å². The van der Waals surface area contributed by atoms with Crippen molar-refractivity contribution < 1.29 is 0 Å². The topological polar surface area (TPSA) is 6.48 Å². The summed E-state index contributed by atoms with van der Waals surface area (Å²) in [5, 5.41) is 0. The summed E-state index contributed by atoms with van der Waals surface area (Å²) in [6.45, 7) is 13.8. The smallest absolute Gasteiger partial charge is 0.00387 e. The molecule has 0 saturated carbocycles. The van der Waals surface area contributed by atoms with Gasteiger partial charge in [0.1, 0.15) is 0 Å². The lowest BCUT2D eigenvalue weighted by Gasteiger charge is -2.39. The van der Waals surface area contributed by atoms with Crippen molar-refractivity contribution in [1.82, 2.24) is 9.80 Å². The molecule has 0 amide bonds. The van der Waals surface area contributed by atoms with Crippen LogP contribution in [-0.4, -0.2) is 48.6 Å². The molecule has 2 saturated heterocycles. The minimum absolute atomic E-state index is 0.735. The molecule has 1 atom stereocenters. The van der Waals surface area contributed by atoms with Crippen LogP contribution in [-0.2, 0) is 0 Å². The molecule has 0 aromatic rings. The lowest BCUT2D eigenvalue weighted by Crippen LogP contribution is -2.45. The molecule has 2 aliphatic heterocycles. The summed E-state index contributed by atoms with van der Waals surface area (Å²) >= 11 is 0. The third-order valence-corrected chi connectivity index (χ3v) is 5.08. The predicted octanol–water partition coefficient (Wildman–Crippen LogP) is 3.23. The third kappa shape index (κ3) is 3.96. The molecule has 2 aliphatic rings. The molecule has 0 aliphatic carbocycles. The van der Waals surface area contributed by atoms with Crippen LogP contribution >= 0.6 is 0 Å². The fourth-order valence-electron chi connectivity index (χ4n) is 3.66. The van der Waals surface area contributed by atoms with Gasteiger partial charge in [-0.15, -0.1) is 0 Å². The molecule has 2 heteroatoms. The van der Waals surface area contributed by atoms with Crippen LogP contribution in [0.15, 0.2) is 0 Å². The summed E-state index contributed by atoms with van der Waals surface area (Å²) in [5.74, 6) is 1.94. The Morgan fingerprint density at radius 1 is 1.00 bits per heavy atom. The standard InChI is InChI=1S/C16H32N2/c1-4-15-7-10-17(11-8-15)12-16-6-5-9-18(13-16)14(2)3/h14-16H,4-13H2,1-3H3/t16-/m0/s1. The van der Waals surface area contributed by atoms with Crippen LogP contribution in [0.5, 0.6) is 0 Å². The second-order valence-corrected chi connectivity index (χ2v) is 6.75. The molecule has 106 valence electrons. The molecule has 0 radical (unpaired) electrons. The van der Waals surface area contributed by atoms with Gasteiger partial charge < -0.3 is 9.80 Å². The van der Waals surface area contributed by atoms with Gasteiger partial charge in [-0.3, -0.25) is 0 Å². The molecule has 0 aromatic heterocycles. The van der Waals surface area contributed by atoms with Gasteiger partial charge in [0.2, 0.25) is 0 Å². The SMILES string of the molecule is CCC1CCN(C[C@@H]2CCCN(C(C)C)C2)CC1. The Morgan fingerprint density at radius 2 is 1.72 bits per heavy atom. The maximum absolute atomic E-state index is 2.74. The van der Waals surface area contributed by atoms with Gasteiger partial charge in [0.25, 0.3) is 0 Å². The lowest BCUT2D eigenvalue weighted by atomic mass is 9.92. The van der Waals surface area contributed by atoms with E-state index >= 15 is 0 Å². The predicted molar refractivity (Wildman–Crippen MR) is 78.9 cm³/mol. The van der Waals surface area contributed by atoms with Crippen LogP contribution in [0.2, 0.25) is 0 Å². The number of rotatable bonds is 4. The minimum atomic E-state index is 0.735. The van der Waals surface area contributed by atoms with Crippen LogP contribution in [0.1, 0.15) is 52.9 Å². The van der Waals surface area contributed by atoms with E-state index < -0.39 is 0 Å². The molecule has 0 unspecified atom stereocenters. The van der Waals surface area contributed by atoms with Crippen LogP contribution in [0, 0.1) is 11.8 Å². The van der Waals surface area contributed by atoms with Crippen molar-refractivity contribution in [2.75, 3.05) is 32.7 Å². The normalized spacial score (nSPS) is 29.0. The number of piperidine rings is 2. The first-order valence-corrected chi connectivity index (χ1v) is 8.15. The molecule has 0 N–H and O–H groups in total. The Bertz CT molecular complexity index is 231. The number of nitrogens with zero attached hydrogens (tertiary/aromatic N) is 2. The number of hydrogen-bond donors (Lipinski definition) is 0. The van der Waals surface area contributed by atoms with E-state index in [0.29, 0.717) is 0 Å². The highest BCUT2D eigenvalue weighted by atomic mass is 15.2.